The average molecular weight is 649 g/mol. The Labute approximate surface area is 247 Å². The first-order chi connectivity index (χ1) is 20.5. The van der Waals surface area contributed by atoms with Crippen LogP contribution < -0.4 is 5.32 Å². The second kappa shape index (κ2) is 14.1. The van der Waals surface area contributed by atoms with Gasteiger partial charge in [0.1, 0.15) is 35.8 Å². The molecule has 3 aromatic rings. The van der Waals surface area contributed by atoms with Gasteiger partial charge >= 0.3 is 12.1 Å². The van der Waals surface area contributed by atoms with Crippen molar-refractivity contribution in [3.63, 3.8) is 0 Å². The van der Waals surface area contributed by atoms with Crippen LogP contribution in [0.3, 0.4) is 0 Å². The van der Waals surface area contributed by atoms with Crippen LogP contribution in [0.5, 0.6) is 0 Å². The smallest absolute Gasteiger partial charge is 0.433 e. The fourth-order valence-electron chi connectivity index (χ4n) is 3.88. The molecule has 1 atom stereocenters. The van der Waals surface area contributed by atoms with Gasteiger partial charge < -0.3 is 14.8 Å². The Morgan fingerprint density at radius 1 is 1.00 bits per heavy atom. The number of likely N-dealkylation sites (N-methyl/N-ethyl adjacent to an activating group) is 1. The predicted octanol–water partition coefficient (Wildman–Crippen LogP) is 3.59. The summed E-state index contributed by atoms with van der Waals surface area (Å²) in [7, 11) is -1.63. The maximum Gasteiger partial charge on any atom is 0.433 e. The quantitative estimate of drug-likeness (QED) is 0.103. The second-order valence-corrected chi connectivity index (χ2v) is 11.5. The van der Waals surface area contributed by atoms with Crippen LogP contribution >= 0.6 is 0 Å². The van der Waals surface area contributed by atoms with Gasteiger partial charge in [0.2, 0.25) is 0 Å². The summed E-state index contributed by atoms with van der Waals surface area (Å²) >= 11 is 0. The number of esters is 1. The van der Waals surface area contributed by atoms with Crippen molar-refractivity contribution in [2.24, 2.45) is 0 Å². The van der Waals surface area contributed by atoms with Gasteiger partial charge in [0, 0.05) is 18.0 Å². The zero-order valence-electron chi connectivity index (χ0n) is 23.4. The molecule has 17 heteroatoms. The van der Waals surface area contributed by atoms with Crippen molar-refractivity contribution in [3.8, 4) is 0 Å². The zero-order chi connectivity index (χ0) is 32.8. The number of hydrogen-bond donors (Lipinski definition) is 1. The molecule has 0 fully saturated rings. The number of pyridine rings is 2. The average Bonchev–Trinajstić information content (AvgIpc) is 2.94. The molecule has 1 N–H and O–H groups in total. The van der Waals surface area contributed by atoms with E-state index in [1.807, 2.05) is 0 Å². The number of aromatic nitrogens is 2. The van der Waals surface area contributed by atoms with Gasteiger partial charge in [-0.25, -0.2) is 21.6 Å². The third kappa shape index (κ3) is 8.29. The highest BCUT2D eigenvalue weighted by Crippen LogP contribution is 2.40. The lowest BCUT2D eigenvalue weighted by Gasteiger charge is -2.22. The molecule has 0 aliphatic carbocycles. The van der Waals surface area contributed by atoms with E-state index < -0.39 is 66.7 Å². The second-order valence-electron chi connectivity index (χ2n) is 9.50. The number of rotatable bonds is 12. The number of carbonyl (C=O) groups excluding carboxylic acids is 2. The van der Waals surface area contributed by atoms with Gasteiger partial charge in [0.25, 0.3) is 5.91 Å². The molecule has 0 saturated carbocycles. The van der Waals surface area contributed by atoms with Crippen molar-refractivity contribution in [1.82, 2.24) is 20.2 Å². The summed E-state index contributed by atoms with van der Waals surface area (Å²) in [5.74, 6) is -6.15. The minimum Gasteiger partial charge on any atom is -0.462 e. The van der Waals surface area contributed by atoms with Crippen LogP contribution in [0.15, 0.2) is 47.6 Å². The van der Waals surface area contributed by atoms with Gasteiger partial charge in [0.15, 0.2) is 21.5 Å². The number of alkyl halides is 3. The highest BCUT2D eigenvalue weighted by atomic mass is 32.2. The van der Waals surface area contributed by atoms with E-state index in [4.69, 9.17) is 9.47 Å². The molecular weight excluding hydrogens is 622 g/mol. The van der Waals surface area contributed by atoms with Crippen LogP contribution in [0.4, 0.5) is 26.3 Å². The van der Waals surface area contributed by atoms with E-state index in [0.717, 1.165) is 12.3 Å². The number of ether oxygens (including phenoxy) is 2. The van der Waals surface area contributed by atoms with Crippen LogP contribution in [0.25, 0.3) is 0 Å². The SMILES string of the molecule is Cc1cc(C(=O)NCOCCOC(=O)CN(C)C)ncc1C(c1c(F)ccc(F)c1F)S(=O)(=O)c1ccc(C(F)(F)F)nc1. The van der Waals surface area contributed by atoms with Gasteiger partial charge in [-0.15, -0.1) is 0 Å². The number of hydrogen-bond acceptors (Lipinski definition) is 9. The molecule has 0 spiro atoms. The lowest BCUT2D eigenvalue weighted by Crippen LogP contribution is -2.29. The number of carbonyl (C=O) groups is 2. The molecule has 2 aromatic heterocycles. The summed E-state index contributed by atoms with van der Waals surface area (Å²) in [6, 6.07) is 2.95. The van der Waals surface area contributed by atoms with Crippen LogP contribution in [-0.2, 0) is 30.3 Å². The Hall–Kier alpha value is -4.09. The maximum absolute atomic E-state index is 15.0. The molecule has 2 heterocycles. The monoisotopic (exact) mass is 648 g/mol. The van der Waals surface area contributed by atoms with E-state index in [2.05, 4.69) is 15.3 Å². The molecular formula is C27H26F6N4O6S. The van der Waals surface area contributed by atoms with Crippen LogP contribution in [0, 0.1) is 24.4 Å². The van der Waals surface area contributed by atoms with Crippen molar-refractivity contribution < 1.29 is 53.8 Å². The van der Waals surface area contributed by atoms with Crippen molar-refractivity contribution in [2.45, 2.75) is 23.2 Å². The Kier molecular flexibility index (Phi) is 11.0. The molecule has 0 aliphatic rings. The van der Waals surface area contributed by atoms with Crippen molar-refractivity contribution in [1.29, 1.82) is 0 Å². The van der Waals surface area contributed by atoms with Gasteiger partial charge in [-0.3, -0.25) is 24.5 Å². The highest BCUT2D eigenvalue weighted by molar-refractivity contribution is 7.91. The first kappa shape index (κ1) is 34.4. The normalized spacial score (nSPS) is 12.7. The van der Waals surface area contributed by atoms with E-state index in [0.29, 0.717) is 30.5 Å². The van der Waals surface area contributed by atoms with Crippen molar-refractivity contribution in [2.75, 3.05) is 40.6 Å². The zero-order valence-corrected chi connectivity index (χ0v) is 24.2. The summed E-state index contributed by atoms with van der Waals surface area (Å²) in [6.07, 6.45) is -3.70. The van der Waals surface area contributed by atoms with E-state index in [1.54, 1.807) is 19.0 Å². The fourth-order valence-corrected chi connectivity index (χ4v) is 5.71. The van der Waals surface area contributed by atoms with Gasteiger partial charge in [-0.05, 0) is 62.5 Å². The molecule has 10 nitrogen and oxygen atoms in total. The maximum atomic E-state index is 15.0. The Bertz CT molecular complexity index is 1620. The number of benzene rings is 1. The molecule has 0 aliphatic heterocycles. The van der Waals surface area contributed by atoms with Gasteiger partial charge in [0.05, 0.1) is 18.0 Å². The standard InChI is InChI=1S/C27H26F6N4O6S/c1-15-10-20(26(39)36-14-42-8-9-43-22(38)13-37(2)3)34-12-17(15)25(23-18(28)5-6-19(29)24(23)30)44(40,41)16-4-7-21(35-11-16)27(31,32)33/h4-7,10-12,25H,8-9,13-14H2,1-3H3,(H,36,39). The first-order valence-corrected chi connectivity index (χ1v) is 14.1. The van der Waals surface area contributed by atoms with Crippen LogP contribution in [0.2, 0.25) is 0 Å². The summed E-state index contributed by atoms with van der Waals surface area (Å²) in [4.78, 5) is 31.8. The Balaban J connectivity index is 1.88. The molecule has 3 rings (SSSR count). The molecule has 0 radical (unpaired) electrons. The molecule has 0 saturated heterocycles. The fraction of sp³-hybridized carbons (Fsp3) is 0.333. The van der Waals surface area contributed by atoms with E-state index in [-0.39, 0.29) is 43.3 Å². The molecule has 44 heavy (non-hydrogen) atoms. The number of nitrogens with zero attached hydrogens (tertiary/aromatic N) is 3. The number of aryl methyl sites for hydroxylation is 1. The molecule has 1 aromatic carbocycles. The molecule has 238 valence electrons. The van der Waals surface area contributed by atoms with Crippen LogP contribution in [0.1, 0.15) is 38.1 Å². The van der Waals surface area contributed by atoms with Gasteiger partial charge in [-0.2, -0.15) is 13.2 Å². The number of nitrogens with one attached hydrogen (secondary N) is 1. The Morgan fingerprint density at radius 3 is 2.27 bits per heavy atom. The van der Waals surface area contributed by atoms with Gasteiger partial charge in [-0.1, -0.05) is 0 Å². The largest absolute Gasteiger partial charge is 0.462 e. The summed E-state index contributed by atoms with van der Waals surface area (Å²) < 4.78 is 120. The lowest BCUT2D eigenvalue weighted by atomic mass is 10.00. The first-order valence-electron chi connectivity index (χ1n) is 12.6. The van der Waals surface area contributed by atoms with E-state index in [9.17, 15) is 44.3 Å². The number of sulfone groups is 1. The third-order valence-corrected chi connectivity index (χ3v) is 7.95. The van der Waals surface area contributed by atoms with E-state index >= 15 is 0 Å². The minimum absolute atomic E-state index is 0.0321. The summed E-state index contributed by atoms with van der Waals surface area (Å²) in [5.41, 5.74) is -3.35. The lowest BCUT2D eigenvalue weighted by molar-refractivity contribution is -0.146. The van der Waals surface area contributed by atoms with Crippen LogP contribution in [-0.4, -0.2) is 75.7 Å². The predicted molar refractivity (Wildman–Crippen MR) is 141 cm³/mol. The topological polar surface area (TPSA) is 128 Å². The molecule has 0 bridgehead atoms. The molecule has 1 amide bonds. The summed E-state index contributed by atoms with van der Waals surface area (Å²) in [5, 5.41) is 0.0323. The van der Waals surface area contributed by atoms with E-state index in [1.165, 1.54) is 6.92 Å². The molecule has 1 unspecified atom stereocenters. The minimum atomic E-state index is -5.00. The third-order valence-electron chi connectivity index (χ3n) is 5.94. The van der Waals surface area contributed by atoms with Crippen molar-refractivity contribution in [3.05, 3.63) is 88.3 Å². The highest BCUT2D eigenvalue weighted by Gasteiger charge is 2.39. The summed E-state index contributed by atoms with van der Waals surface area (Å²) in [6.45, 7) is 0.902. The Morgan fingerprint density at radius 2 is 1.68 bits per heavy atom. The number of amides is 1. The van der Waals surface area contributed by atoms with Crippen molar-refractivity contribution >= 4 is 21.7 Å². The number of halogens is 6.